The minimum Gasteiger partial charge on any atom is -0.493 e. The van der Waals surface area contributed by atoms with Crippen LogP contribution in [0.5, 0.6) is 17.2 Å². The number of aliphatic hydroxyl groups is 1. The summed E-state index contributed by atoms with van der Waals surface area (Å²) in [7, 11) is -0.743. The lowest BCUT2D eigenvalue weighted by molar-refractivity contribution is 0.162. The maximum atomic E-state index is 11.7. The van der Waals surface area contributed by atoms with Crippen LogP contribution in [0.1, 0.15) is 24.2 Å². The summed E-state index contributed by atoms with van der Waals surface area (Å²) in [6.45, 7) is 4.07. The highest BCUT2D eigenvalue weighted by Crippen LogP contribution is 2.36. The van der Waals surface area contributed by atoms with E-state index in [1.165, 1.54) is 6.07 Å². The average molecular weight is 425 g/mol. The lowest BCUT2D eigenvalue weighted by Gasteiger charge is -2.20. The van der Waals surface area contributed by atoms with Crippen LogP contribution in [-0.4, -0.2) is 46.9 Å². The van der Waals surface area contributed by atoms with Crippen molar-refractivity contribution in [3.05, 3.63) is 47.5 Å². The lowest BCUT2D eigenvalue weighted by atomic mass is 10.1. The zero-order valence-electron chi connectivity index (χ0n) is 17.0. The quantitative estimate of drug-likeness (QED) is 0.531. The smallest absolute Gasteiger partial charge is 0.238 e. The third-order valence-corrected chi connectivity index (χ3v) is 5.48. The Hall–Kier alpha value is -2.33. The number of aryl methyl sites for hydroxylation is 1. The number of primary sulfonamides is 1. The Bertz CT molecular complexity index is 910. The van der Waals surface area contributed by atoms with Gasteiger partial charge in [-0.15, -0.1) is 0 Å². The van der Waals surface area contributed by atoms with E-state index in [1.807, 2.05) is 6.92 Å². The van der Waals surface area contributed by atoms with E-state index in [2.05, 4.69) is 5.32 Å². The molecule has 2 aromatic carbocycles. The molecule has 0 aliphatic heterocycles. The van der Waals surface area contributed by atoms with Gasteiger partial charge in [0.2, 0.25) is 15.8 Å². The van der Waals surface area contributed by atoms with Gasteiger partial charge in [0.05, 0.1) is 25.2 Å². The number of nitrogens with two attached hydrogens (primary N) is 1. The second-order valence-corrected chi connectivity index (χ2v) is 8.23. The van der Waals surface area contributed by atoms with E-state index in [4.69, 9.17) is 19.3 Å². The van der Waals surface area contributed by atoms with Crippen molar-refractivity contribution in [3.63, 3.8) is 0 Å². The molecule has 2 unspecified atom stereocenters. The molecular weight excluding hydrogens is 396 g/mol. The van der Waals surface area contributed by atoms with Crippen molar-refractivity contribution in [1.29, 1.82) is 0 Å². The number of para-hydroxylation sites is 1. The van der Waals surface area contributed by atoms with Crippen LogP contribution in [0.4, 0.5) is 0 Å². The number of rotatable bonds is 10. The van der Waals surface area contributed by atoms with Gasteiger partial charge in [-0.2, -0.15) is 0 Å². The van der Waals surface area contributed by atoms with Gasteiger partial charge in [-0.05, 0) is 43.2 Å². The molecule has 2 aromatic rings. The first-order valence-corrected chi connectivity index (χ1v) is 10.6. The van der Waals surface area contributed by atoms with Crippen LogP contribution in [0.15, 0.2) is 41.3 Å². The molecule has 0 aliphatic carbocycles. The van der Waals surface area contributed by atoms with Crippen LogP contribution in [-0.2, 0) is 10.0 Å². The summed E-state index contributed by atoms with van der Waals surface area (Å²) >= 11 is 0. The molecule has 4 N–H and O–H groups in total. The third-order valence-electron chi connectivity index (χ3n) is 4.42. The summed E-state index contributed by atoms with van der Waals surface area (Å²) in [4.78, 5) is 0.00806. The van der Waals surface area contributed by atoms with Gasteiger partial charge in [0.25, 0.3) is 0 Å². The van der Waals surface area contributed by atoms with Gasteiger partial charge in [0, 0.05) is 12.6 Å². The molecule has 0 heterocycles. The maximum absolute atomic E-state index is 11.7. The van der Waals surface area contributed by atoms with Gasteiger partial charge in [-0.1, -0.05) is 18.2 Å². The number of benzene rings is 2. The molecule has 0 saturated carbocycles. The first kappa shape index (κ1) is 23.0. The van der Waals surface area contributed by atoms with Crippen molar-refractivity contribution < 1.29 is 27.7 Å². The number of methoxy groups -OCH3 is 2. The summed E-state index contributed by atoms with van der Waals surface area (Å²) in [5.41, 5.74) is 0.996. The minimum atomic E-state index is -3.85. The molecule has 160 valence electrons. The Morgan fingerprint density at radius 1 is 1.14 bits per heavy atom. The van der Waals surface area contributed by atoms with Gasteiger partial charge < -0.3 is 24.6 Å². The number of hydrogen-bond donors (Lipinski definition) is 3. The molecule has 0 bridgehead atoms. The second kappa shape index (κ2) is 9.93. The van der Waals surface area contributed by atoms with E-state index < -0.39 is 16.1 Å². The largest absolute Gasteiger partial charge is 0.493 e. The standard InChI is InChI=1S/C20H28N2O6S/c1-13-8-9-15(10-19(13)29(21,24)25)16(23)11-22-14(2)12-28-20-17(26-3)6-5-7-18(20)27-4/h5-10,14,16,22-23H,11-12H2,1-4H3,(H2,21,24,25). The fourth-order valence-electron chi connectivity index (χ4n) is 2.79. The number of aliphatic hydroxyl groups excluding tert-OH is 1. The highest BCUT2D eigenvalue weighted by molar-refractivity contribution is 7.89. The molecule has 9 heteroatoms. The molecule has 2 rings (SSSR count). The van der Waals surface area contributed by atoms with E-state index in [9.17, 15) is 13.5 Å². The molecule has 0 aliphatic rings. The molecule has 0 aromatic heterocycles. The summed E-state index contributed by atoms with van der Waals surface area (Å²) < 4.78 is 39.8. The zero-order valence-corrected chi connectivity index (χ0v) is 17.8. The van der Waals surface area contributed by atoms with Crippen LogP contribution in [0, 0.1) is 6.92 Å². The van der Waals surface area contributed by atoms with Gasteiger partial charge >= 0.3 is 0 Å². The molecule has 0 spiro atoms. The predicted molar refractivity (Wildman–Crippen MR) is 110 cm³/mol. The number of sulfonamides is 1. The Labute approximate surface area is 171 Å². The van der Waals surface area contributed by atoms with Gasteiger partial charge in [0.15, 0.2) is 11.5 Å². The third kappa shape index (κ3) is 6.07. The maximum Gasteiger partial charge on any atom is 0.238 e. The first-order chi connectivity index (χ1) is 13.7. The van der Waals surface area contributed by atoms with E-state index in [-0.39, 0.29) is 17.5 Å². The zero-order chi connectivity index (χ0) is 21.6. The fraction of sp³-hybridized carbons (Fsp3) is 0.400. The summed E-state index contributed by atoms with van der Waals surface area (Å²) in [6, 6.07) is 9.95. The van der Waals surface area contributed by atoms with E-state index in [0.717, 1.165) is 0 Å². The monoisotopic (exact) mass is 424 g/mol. The van der Waals surface area contributed by atoms with Crippen molar-refractivity contribution in [1.82, 2.24) is 5.32 Å². The lowest BCUT2D eigenvalue weighted by Crippen LogP contribution is -2.35. The van der Waals surface area contributed by atoms with Crippen LogP contribution in [0.2, 0.25) is 0 Å². The van der Waals surface area contributed by atoms with Crippen molar-refractivity contribution in [2.45, 2.75) is 30.9 Å². The van der Waals surface area contributed by atoms with Crippen LogP contribution < -0.4 is 24.7 Å². The van der Waals surface area contributed by atoms with Crippen molar-refractivity contribution in [2.75, 3.05) is 27.4 Å². The highest BCUT2D eigenvalue weighted by atomic mass is 32.2. The number of nitrogens with one attached hydrogen (secondary N) is 1. The summed E-state index contributed by atoms with van der Waals surface area (Å²) in [6.07, 6.45) is -0.903. The van der Waals surface area contributed by atoms with Crippen LogP contribution in [0.25, 0.3) is 0 Å². The SMILES string of the molecule is COc1cccc(OC)c1OCC(C)NCC(O)c1ccc(C)c(S(N)(=O)=O)c1. The van der Waals surface area contributed by atoms with E-state index >= 15 is 0 Å². The molecule has 2 atom stereocenters. The summed E-state index contributed by atoms with van der Waals surface area (Å²) in [5, 5.41) is 18.8. The van der Waals surface area contributed by atoms with Gasteiger partial charge in [-0.25, -0.2) is 13.6 Å². The van der Waals surface area contributed by atoms with Gasteiger partial charge in [-0.3, -0.25) is 0 Å². The molecule has 0 saturated heterocycles. The van der Waals surface area contributed by atoms with Gasteiger partial charge in [0.1, 0.15) is 6.61 Å². The van der Waals surface area contributed by atoms with Crippen molar-refractivity contribution in [3.8, 4) is 17.2 Å². The molecule has 8 nitrogen and oxygen atoms in total. The van der Waals surface area contributed by atoms with Crippen molar-refractivity contribution >= 4 is 10.0 Å². The Balaban J connectivity index is 1.97. The van der Waals surface area contributed by atoms with E-state index in [0.29, 0.717) is 35.0 Å². The molecule has 0 radical (unpaired) electrons. The van der Waals surface area contributed by atoms with E-state index in [1.54, 1.807) is 51.5 Å². The minimum absolute atomic E-state index is 0.00806. The average Bonchev–Trinajstić information content (AvgIpc) is 2.69. The number of ether oxygens (including phenoxy) is 3. The molecular formula is C20H28N2O6S. The highest BCUT2D eigenvalue weighted by Gasteiger charge is 2.17. The Morgan fingerprint density at radius 2 is 1.76 bits per heavy atom. The van der Waals surface area contributed by atoms with Crippen LogP contribution >= 0.6 is 0 Å². The molecule has 29 heavy (non-hydrogen) atoms. The fourth-order valence-corrected chi connectivity index (χ4v) is 3.61. The van der Waals surface area contributed by atoms with Crippen molar-refractivity contribution in [2.24, 2.45) is 5.14 Å². The molecule has 0 fully saturated rings. The second-order valence-electron chi connectivity index (χ2n) is 6.70. The Kier molecular flexibility index (Phi) is 7.86. The Morgan fingerprint density at radius 3 is 2.31 bits per heavy atom. The summed E-state index contributed by atoms with van der Waals surface area (Å²) in [5.74, 6) is 1.63. The predicted octanol–water partition coefficient (Wildman–Crippen LogP) is 1.75. The number of hydrogen-bond acceptors (Lipinski definition) is 7. The first-order valence-electron chi connectivity index (χ1n) is 9.06. The van der Waals surface area contributed by atoms with Crippen LogP contribution in [0.3, 0.4) is 0 Å². The normalized spacial score (nSPS) is 13.6. The molecule has 0 amide bonds. The topological polar surface area (TPSA) is 120 Å².